The smallest absolute Gasteiger partial charge is 0.260 e. The van der Waals surface area contributed by atoms with Crippen LogP contribution in [0.3, 0.4) is 0 Å². The third-order valence-corrected chi connectivity index (χ3v) is 3.40. The summed E-state index contributed by atoms with van der Waals surface area (Å²) in [6.07, 6.45) is 0.393. The summed E-state index contributed by atoms with van der Waals surface area (Å²) in [4.78, 5) is 11.9. The quantitative estimate of drug-likeness (QED) is 0.841. The second-order valence-corrected chi connectivity index (χ2v) is 5.39. The third-order valence-electron chi connectivity index (χ3n) is 3.40. The summed E-state index contributed by atoms with van der Waals surface area (Å²) in [5.74, 6) is 0.635. The number of benzene rings is 1. The van der Waals surface area contributed by atoms with Crippen LogP contribution in [0.25, 0.3) is 0 Å². The maximum Gasteiger partial charge on any atom is 0.260 e. The topological polar surface area (TPSA) is 64.3 Å². The van der Waals surface area contributed by atoms with Crippen molar-refractivity contribution in [2.75, 3.05) is 0 Å². The fourth-order valence-corrected chi connectivity index (χ4v) is 1.79. The molecule has 20 heavy (non-hydrogen) atoms. The average molecular weight is 278 g/mol. The number of carbonyl (C=O) groups excluding carboxylic acids is 1. The molecule has 0 bridgehead atoms. The predicted octanol–water partition coefficient (Wildman–Crippen LogP) is 2.70. The molecular weight excluding hydrogens is 252 g/mol. The van der Waals surface area contributed by atoms with Crippen LogP contribution >= 0.6 is 0 Å². The molecule has 3 N–H and O–H groups in total. The van der Waals surface area contributed by atoms with Crippen LogP contribution in [0.1, 0.15) is 51.3 Å². The van der Waals surface area contributed by atoms with Crippen LogP contribution in [0.2, 0.25) is 0 Å². The number of ether oxygens (including phenoxy) is 1. The molecule has 2 unspecified atom stereocenters. The summed E-state index contributed by atoms with van der Waals surface area (Å²) in [5, 5.41) is 2.91. The summed E-state index contributed by atoms with van der Waals surface area (Å²) in [6, 6.07) is 5.97. The summed E-state index contributed by atoms with van der Waals surface area (Å²) in [7, 11) is 0. The fourth-order valence-electron chi connectivity index (χ4n) is 1.79. The first kappa shape index (κ1) is 16.5. The predicted molar refractivity (Wildman–Crippen MR) is 81.8 cm³/mol. The van der Waals surface area contributed by atoms with E-state index in [1.807, 2.05) is 45.9 Å². The number of carbonyl (C=O) groups is 1. The molecule has 0 fully saturated rings. The van der Waals surface area contributed by atoms with Crippen molar-refractivity contribution >= 4 is 5.91 Å². The van der Waals surface area contributed by atoms with Gasteiger partial charge < -0.3 is 15.8 Å². The Hall–Kier alpha value is -1.55. The van der Waals surface area contributed by atoms with Gasteiger partial charge in [-0.25, -0.2) is 0 Å². The Bertz CT molecular complexity index is 458. The van der Waals surface area contributed by atoms with E-state index in [1.165, 1.54) is 0 Å². The van der Waals surface area contributed by atoms with Gasteiger partial charge >= 0.3 is 0 Å². The first-order valence-electron chi connectivity index (χ1n) is 7.18. The van der Waals surface area contributed by atoms with Crippen LogP contribution in [-0.2, 0) is 4.79 Å². The molecule has 0 aliphatic heterocycles. The lowest BCUT2D eigenvalue weighted by atomic mass is 10.1. The monoisotopic (exact) mass is 278 g/mol. The first-order valence-corrected chi connectivity index (χ1v) is 7.18. The zero-order valence-electron chi connectivity index (χ0n) is 13.1. The number of rotatable bonds is 6. The molecule has 0 heterocycles. The minimum absolute atomic E-state index is 0.00567. The van der Waals surface area contributed by atoms with Gasteiger partial charge in [0.1, 0.15) is 5.75 Å². The highest BCUT2D eigenvalue weighted by molar-refractivity contribution is 5.81. The zero-order valence-corrected chi connectivity index (χ0v) is 13.1. The van der Waals surface area contributed by atoms with Crippen LogP contribution in [0.15, 0.2) is 18.2 Å². The Balaban J connectivity index is 2.71. The molecule has 0 aromatic heterocycles. The third kappa shape index (κ3) is 4.53. The Kier molecular flexibility index (Phi) is 6.02. The maximum atomic E-state index is 11.9. The molecular formula is C16H26N2O2. The van der Waals surface area contributed by atoms with E-state index in [9.17, 15) is 4.79 Å². The Morgan fingerprint density at radius 1 is 1.35 bits per heavy atom. The average Bonchev–Trinajstić information content (AvgIpc) is 2.40. The van der Waals surface area contributed by atoms with E-state index in [1.54, 1.807) is 6.92 Å². The van der Waals surface area contributed by atoms with Gasteiger partial charge in [-0.05, 0) is 51.3 Å². The molecule has 0 radical (unpaired) electrons. The molecule has 112 valence electrons. The normalized spacial score (nSPS) is 15.3. The Labute approximate surface area is 121 Å². The van der Waals surface area contributed by atoms with E-state index in [4.69, 9.17) is 10.5 Å². The van der Waals surface area contributed by atoms with Crippen LogP contribution in [0.5, 0.6) is 5.75 Å². The van der Waals surface area contributed by atoms with Crippen molar-refractivity contribution in [3.63, 3.8) is 0 Å². The SMILES string of the molecule is CCC(C)NC(=O)C(C)Oc1ccc([C@@H](C)N)cc1C. The van der Waals surface area contributed by atoms with Gasteiger partial charge in [-0.2, -0.15) is 0 Å². The van der Waals surface area contributed by atoms with Crippen molar-refractivity contribution in [1.29, 1.82) is 0 Å². The molecule has 4 nitrogen and oxygen atoms in total. The zero-order chi connectivity index (χ0) is 15.3. The van der Waals surface area contributed by atoms with Gasteiger partial charge in [-0.1, -0.05) is 19.1 Å². The Morgan fingerprint density at radius 3 is 2.50 bits per heavy atom. The molecule has 0 saturated carbocycles. The van der Waals surface area contributed by atoms with Gasteiger partial charge in [-0.3, -0.25) is 4.79 Å². The highest BCUT2D eigenvalue weighted by Gasteiger charge is 2.17. The largest absolute Gasteiger partial charge is 0.481 e. The molecule has 1 aromatic carbocycles. The van der Waals surface area contributed by atoms with Gasteiger partial charge in [-0.15, -0.1) is 0 Å². The Morgan fingerprint density at radius 2 is 2.00 bits per heavy atom. The van der Waals surface area contributed by atoms with Crippen LogP contribution in [0.4, 0.5) is 0 Å². The van der Waals surface area contributed by atoms with E-state index in [2.05, 4.69) is 5.32 Å². The first-order chi connectivity index (χ1) is 9.35. The van der Waals surface area contributed by atoms with Crippen molar-refractivity contribution in [2.45, 2.75) is 59.2 Å². The lowest BCUT2D eigenvalue weighted by Crippen LogP contribution is -2.41. The molecule has 0 spiro atoms. The standard InChI is InChI=1S/C16H26N2O2/c1-6-11(3)18-16(19)13(5)20-15-8-7-14(12(4)17)9-10(15)2/h7-9,11-13H,6,17H2,1-5H3,(H,18,19)/t11?,12-,13?/m1/s1. The van der Waals surface area contributed by atoms with E-state index < -0.39 is 6.10 Å². The van der Waals surface area contributed by atoms with Crippen LogP contribution in [-0.4, -0.2) is 18.1 Å². The molecule has 4 heteroatoms. The van der Waals surface area contributed by atoms with Crippen molar-refractivity contribution in [3.8, 4) is 5.75 Å². The van der Waals surface area contributed by atoms with Crippen molar-refractivity contribution in [2.24, 2.45) is 5.73 Å². The number of amides is 1. The minimum atomic E-state index is -0.510. The van der Waals surface area contributed by atoms with Crippen LogP contribution in [0, 0.1) is 6.92 Å². The number of nitrogens with two attached hydrogens (primary N) is 1. The maximum absolute atomic E-state index is 11.9. The second kappa shape index (κ2) is 7.29. The molecule has 3 atom stereocenters. The molecule has 0 aliphatic carbocycles. The molecule has 1 rings (SSSR count). The van der Waals surface area contributed by atoms with Crippen molar-refractivity contribution in [1.82, 2.24) is 5.32 Å². The summed E-state index contributed by atoms with van der Waals surface area (Å²) in [5.41, 5.74) is 7.90. The lowest BCUT2D eigenvalue weighted by molar-refractivity contribution is -0.127. The van der Waals surface area contributed by atoms with Gasteiger partial charge in [0.2, 0.25) is 0 Å². The molecule has 1 amide bonds. The van der Waals surface area contributed by atoms with Crippen LogP contribution < -0.4 is 15.8 Å². The number of hydrogen-bond acceptors (Lipinski definition) is 3. The molecule has 1 aromatic rings. The van der Waals surface area contributed by atoms with Gasteiger partial charge in [0, 0.05) is 12.1 Å². The van der Waals surface area contributed by atoms with Gasteiger partial charge in [0.05, 0.1) is 0 Å². The summed E-state index contributed by atoms with van der Waals surface area (Å²) >= 11 is 0. The lowest BCUT2D eigenvalue weighted by Gasteiger charge is -2.19. The summed E-state index contributed by atoms with van der Waals surface area (Å²) in [6.45, 7) is 9.68. The summed E-state index contributed by atoms with van der Waals surface area (Å²) < 4.78 is 5.73. The highest BCUT2D eigenvalue weighted by atomic mass is 16.5. The minimum Gasteiger partial charge on any atom is -0.481 e. The highest BCUT2D eigenvalue weighted by Crippen LogP contribution is 2.22. The molecule has 0 aliphatic rings. The fraction of sp³-hybridized carbons (Fsp3) is 0.562. The van der Waals surface area contributed by atoms with E-state index in [-0.39, 0.29) is 18.0 Å². The van der Waals surface area contributed by atoms with Gasteiger partial charge in [0.25, 0.3) is 5.91 Å². The second-order valence-electron chi connectivity index (χ2n) is 5.39. The van der Waals surface area contributed by atoms with E-state index in [0.717, 1.165) is 23.3 Å². The number of hydrogen-bond donors (Lipinski definition) is 2. The van der Waals surface area contributed by atoms with E-state index >= 15 is 0 Å². The number of aryl methyl sites for hydroxylation is 1. The van der Waals surface area contributed by atoms with Gasteiger partial charge in [0.15, 0.2) is 6.10 Å². The van der Waals surface area contributed by atoms with Crippen molar-refractivity contribution < 1.29 is 9.53 Å². The number of nitrogens with one attached hydrogen (secondary N) is 1. The molecule has 0 saturated heterocycles. The van der Waals surface area contributed by atoms with Crippen molar-refractivity contribution in [3.05, 3.63) is 29.3 Å². The van der Waals surface area contributed by atoms with E-state index in [0.29, 0.717) is 0 Å².